The van der Waals surface area contributed by atoms with Crippen molar-refractivity contribution in [3.63, 3.8) is 0 Å². The van der Waals surface area contributed by atoms with Crippen LogP contribution in [-0.2, 0) is 4.79 Å². The molecule has 2 rings (SSSR count). The van der Waals surface area contributed by atoms with E-state index >= 15 is 0 Å². The second-order valence-corrected chi connectivity index (χ2v) is 4.58. The Morgan fingerprint density at radius 1 is 1.17 bits per heavy atom. The maximum Gasteiger partial charge on any atom is 0.289 e. The van der Waals surface area contributed by atoms with Gasteiger partial charge in [0.1, 0.15) is 0 Å². The second-order valence-electron chi connectivity index (χ2n) is 4.58. The summed E-state index contributed by atoms with van der Waals surface area (Å²) in [4.78, 5) is 27.1. The molecule has 0 aromatic carbocycles. The van der Waals surface area contributed by atoms with Crippen molar-refractivity contribution in [3.8, 4) is 0 Å². The molecule has 18 heavy (non-hydrogen) atoms. The Labute approximate surface area is 106 Å². The van der Waals surface area contributed by atoms with Crippen molar-refractivity contribution in [3.05, 3.63) is 23.7 Å². The molecule has 0 N–H and O–H groups in total. The molecule has 5 nitrogen and oxygen atoms in total. The van der Waals surface area contributed by atoms with Gasteiger partial charge in [-0.05, 0) is 19.4 Å². The van der Waals surface area contributed by atoms with E-state index in [1.165, 1.54) is 6.26 Å². The first-order chi connectivity index (χ1) is 8.59. The van der Waals surface area contributed by atoms with Crippen LogP contribution in [0.15, 0.2) is 16.7 Å². The molecule has 2 heterocycles. The molecule has 98 valence electrons. The largest absolute Gasteiger partial charge is 0.459 e. The summed E-state index contributed by atoms with van der Waals surface area (Å²) in [5.41, 5.74) is 0.854. The Morgan fingerprint density at radius 2 is 1.83 bits per heavy atom. The molecule has 0 atom stereocenters. The molecule has 0 spiro atoms. The van der Waals surface area contributed by atoms with Crippen molar-refractivity contribution in [2.24, 2.45) is 0 Å². The molecule has 0 radical (unpaired) electrons. The van der Waals surface area contributed by atoms with Gasteiger partial charge in [0.15, 0.2) is 5.76 Å². The van der Waals surface area contributed by atoms with Crippen molar-refractivity contribution in [1.29, 1.82) is 0 Å². The Kier molecular flexibility index (Phi) is 3.69. The minimum atomic E-state index is -0.0806. The van der Waals surface area contributed by atoms with Gasteiger partial charge in [-0.1, -0.05) is 0 Å². The number of nitrogens with zero attached hydrogens (tertiary/aromatic N) is 2. The predicted octanol–water partition coefficient (Wildman–Crippen LogP) is 1.28. The van der Waals surface area contributed by atoms with Gasteiger partial charge >= 0.3 is 0 Å². The number of furan rings is 1. The maximum atomic E-state index is 12.2. The molecule has 1 aromatic rings. The fourth-order valence-corrected chi connectivity index (χ4v) is 2.17. The molecular formula is C13H18N2O3. The summed E-state index contributed by atoms with van der Waals surface area (Å²) in [6.07, 6.45) is 2.34. The van der Waals surface area contributed by atoms with Gasteiger partial charge in [0, 0.05) is 38.7 Å². The predicted molar refractivity (Wildman–Crippen MR) is 66.2 cm³/mol. The lowest BCUT2D eigenvalue weighted by Gasteiger charge is -2.20. The molecule has 0 saturated carbocycles. The van der Waals surface area contributed by atoms with Crippen molar-refractivity contribution >= 4 is 11.8 Å². The van der Waals surface area contributed by atoms with E-state index < -0.39 is 0 Å². The van der Waals surface area contributed by atoms with Crippen LogP contribution in [-0.4, -0.2) is 47.8 Å². The number of carbonyl (C=O) groups excluding carboxylic acids is 2. The summed E-state index contributed by atoms with van der Waals surface area (Å²) in [5, 5.41) is 0. The first kappa shape index (κ1) is 12.7. The van der Waals surface area contributed by atoms with Gasteiger partial charge in [-0.15, -0.1) is 0 Å². The molecule has 1 fully saturated rings. The molecule has 1 aliphatic heterocycles. The van der Waals surface area contributed by atoms with Crippen molar-refractivity contribution in [2.45, 2.75) is 20.3 Å². The standard InChI is InChI=1S/C13H18N2O3/c1-10-4-9-18-12(10)13(17)15-6-3-5-14(7-8-15)11(2)16/h4,9H,3,5-8H2,1-2H3. The number of carbonyl (C=O) groups is 2. The summed E-state index contributed by atoms with van der Waals surface area (Å²) in [7, 11) is 0. The van der Waals surface area contributed by atoms with E-state index in [-0.39, 0.29) is 11.8 Å². The number of aryl methyl sites for hydroxylation is 1. The van der Waals surface area contributed by atoms with Gasteiger partial charge < -0.3 is 14.2 Å². The van der Waals surface area contributed by atoms with Gasteiger partial charge in [0.2, 0.25) is 5.91 Å². The molecule has 5 heteroatoms. The topological polar surface area (TPSA) is 53.8 Å². The summed E-state index contributed by atoms with van der Waals surface area (Å²) >= 11 is 0. The minimum absolute atomic E-state index is 0.0680. The van der Waals surface area contributed by atoms with E-state index in [1.54, 1.807) is 22.8 Å². The number of hydrogen-bond acceptors (Lipinski definition) is 3. The zero-order chi connectivity index (χ0) is 13.1. The van der Waals surface area contributed by atoms with Crippen LogP contribution in [0.25, 0.3) is 0 Å². The molecule has 1 aliphatic rings. The van der Waals surface area contributed by atoms with E-state index in [9.17, 15) is 9.59 Å². The minimum Gasteiger partial charge on any atom is -0.459 e. The average molecular weight is 250 g/mol. The summed E-state index contributed by atoms with van der Waals surface area (Å²) in [5.74, 6) is 0.396. The van der Waals surface area contributed by atoms with E-state index in [0.717, 1.165) is 18.5 Å². The van der Waals surface area contributed by atoms with Crippen LogP contribution < -0.4 is 0 Å². The van der Waals surface area contributed by atoms with Crippen molar-refractivity contribution in [2.75, 3.05) is 26.2 Å². The fourth-order valence-electron chi connectivity index (χ4n) is 2.17. The zero-order valence-corrected chi connectivity index (χ0v) is 10.8. The lowest BCUT2D eigenvalue weighted by atomic mass is 10.2. The Balaban J connectivity index is 2.04. The van der Waals surface area contributed by atoms with Crippen LogP contribution in [0.4, 0.5) is 0 Å². The highest BCUT2D eigenvalue weighted by Gasteiger charge is 2.23. The van der Waals surface area contributed by atoms with Gasteiger partial charge in [0.05, 0.1) is 6.26 Å². The third-order valence-electron chi connectivity index (χ3n) is 3.28. The molecule has 1 aromatic heterocycles. The average Bonchev–Trinajstić information content (AvgIpc) is 2.63. The van der Waals surface area contributed by atoms with Crippen LogP contribution in [0.3, 0.4) is 0 Å². The van der Waals surface area contributed by atoms with Gasteiger partial charge in [-0.3, -0.25) is 9.59 Å². The third kappa shape index (κ3) is 2.55. The van der Waals surface area contributed by atoms with Crippen LogP contribution in [0, 0.1) is 6.92 Å². The van der Waals surface area contributed by atoms with Crippen molar-refractivity contribution < 1.29 is 14.0 Å². The Morgan fingerprint density at radius 3 is 2.44 bits per heavy atom. The van der Waals surface area contributed by atoms with E-state index in [4.69, 9.17) is 4.42 Å². The molecular weight excluding hydrogens is 232 g/mol. The molecule has 1 saturated heterocycles. The highest BCUT2D eigenvalue weighted by Crippen LogP contribution is 2.14. The number of hydrogen-bond donors (Lipinski definition) is 0. The lowest BCUT2D eigenvalue weighted by molar-refractivity contribution is -0.128. The van der Waals surface area contributed by atoms with Crippen LogP contribution >= 0.6 is 0 Å². The fraction of sp³-hybridized carbons (Fsp3) is 0.538. The first-order valence-corrected chi connectivity index (χ1v) is 6.18. The monoisotopic (exact) mass is 250 g/mol. The van der Waals surface area contributed by atoms with Gasteiger partial charge in [0.25, 0.3) is 5.91 Å². The molecule has 0 unspecified atom stereocenters. The molecule has 2 amide bonds. The third-order valence-corrected chi connectivity index (χ3v) is 3.28. The van der Waals surface area contributed by atoms with Gasteiger partial charge in [-0.2, -0.15) is 0 Å². The summed E-state index contributed by atoms with van der Waals surface area (Å²) < 4.78 is 5.22. The quantitative estimate of drug-likeness (QED) is 0.754. The lowest BCUT2D eigenvalue weighted by Crippen LogP contribution is -2.36. The van der Waals surface area contributed by atoms with Crippen molar-refractivity contribution in [1.82, 2.24) is 9.80 Å². The maximum absolute atomic E-state index is 12.2. The molecule has 0 bridgehead atoms. The van der Waals surface area contributed by atoms with Gasteiger partial charge in [-0.25, -0.2) is 0 Å². The Hall–Kier alpha value is -1.78. The smallest absolute Gasteiger partial charge is 0.289 e. The van der Waals surface area contributed by atoms with E-state index in [0.29, 0.717) is 25.4 Å². The number of amides is 2. The normalized spacial score (nSPS) is 16.6. The highest BCUT2D eigenvalue weighted by molar-refractivity contribution is 5.92. The zero-order valence-electron chi connectivity index (χ0n) is 10.8. The van der Waals surface area contributed by atoms with Crippen LogP contribution in [0.5, 0.6) is 0 Å². The van der Waals surface area contributed by atoms with Crippen LogP contribution in [0.1, 0.15) is 29.5 Å². The second kappa shape index (κ2) is 5.25. The number of rotatable bonds is 1. The first-order valence-electron chi connectivity index (χ1n) is 6.18. The Bertz CT molecular complexity index is 453. The highest BCUT2D eigenvalue weighted by atomic mass is 16.3. The summed E-state index contributed by atoms with van der Waals surface area (Å²) in [6, 6.07) is 1.78. The van der Waals surface area contributed by atoms with E-state index in [1.807, 2.05) is 6.92 Å². The SMILES string of the molecule is CC(=O)N1CCCN(C(=O)c2occc2C)CC1. The molecule has 0 aliphatic carbocycles. The van der Waals surface area contributed by atoms with Crippen LogP contribution in [0.2, 0.25) is 0 Å². The summed E-state index contributed by atoms with van der Waals surface area (Å²) in [6.45, 7) is 5.98. The van der Waals surface area contributed by atoms with E-state index in [2.05, 4.69) is 0 Å².